The second kappa shape index (κ2) is 3.49. The molecule has 0 aromatic carbocycles. The van der Waals surface area contributed by atoms with Gasteiger partial charge in [-0.15, -0.1) is 17.0 Å². The molecule has 0 spiro atoms. The molecule has 8 heavy (non-hydrogen) atoms. The maximum absolute atomic E-state index is 2.26. The van der Waals surface area contributed by atoms with E-state index in [-0.39, 0.29) is 17.0 Å². The van der Waals surface area contributed by atoms with E-state index in [4.69, 9.17) is 0 Å². The van der Waals surface area contributed by atoms with Gasteiger partial charge in [0, 0.05) is 0 Å². The standard InChI is InChI=1S/C7H16.BrH/c1-6(2)7(3,4)5;/h6H,1-5H3;1H. The quantitative estimate of drug-likeness (QED) is 0.538. The minimum atomic E-state index is 0. The highest BCUT2D eigenvalue weighted by atomic mass is 79.9. The molecule has 0 saturated heterocycles. The van der Waals surface area contributed by atoms with Crippen LogP contribution < -0.4 is 0 Å². The summed E-state index contributed by atoms with van der Waals surface area (Å²) in [5.74, 6) is 0.799. The van der Waals surface area contributed by atoms with Crippen LogP contribution in [0.1, 0.15) is 34.6 Å². The average Bonchev–Trinajstić information content (AvgIpc) is 1.31. The van der Waals surface area contributed by atoms with Crippen LogP contribution >= 0.6 is 17.0 Å². The van der Waals surface area contributed by atoms with Crippen molar-refractivity contribution in [3.8, 4) is 0 Å². The molecule has 0 rings (SSSR count). The summed E-state index contributed by atoms with van der Waals surface area (Å²) in [4.78, 5) is 0. The van der Waals surface area contributed by atoms with Gasteiger partial charge in [-0.2, -0.15) is 0 Å². The van der Waals surface area contributed by atoms with Crippen molar-refractivity contribution >= 4 is 17.0 Å². The monoisotopic (exact) mass is 180 g/mol. The summed E-state index contributed by atoms with van der Waals surface area (Å²) in [6, 6.07) is 0. The highest BCUT2D eigenvalue weighted by molar-refractivity contribution is 8.93. The molecule has 0 aliphatic heterocycles. The first-order chi connectivity index (χ1) is 2.94. The minimum Gasteiger partial charge on any atom is -0.114 e. The summed E-state index contributed by atoms with van der Waals surface area (Å²) in [5.41, 5.74) is 0.500. The molecule has 0 aromatic heterocycles. The van der Waals surface area contributed by atoms with Gasteiger partial charge in [-0.05, 0) is 11.3 Å². The first-order valence-corrected chi connectivity index (χ1v) is 2.94. The molecule has 0 aliphatic rings. The van der Waals surface area contributed by atoms with Crippen LogP contribution in [0, 0.1) is 11.3 Å². The topological polar surface area (TPSA) is 0 Å². The van der Waals surface area contributed by atoms with Crippen LogP contribution in [0.25, 0.3) is 0 Å². The van der Waals surface area contributed by atoms with Crippen molar-refractivity contribution < 1.29 is 0 Å². The predicted molar refractivity (Wildman–Crippen MR) is 44.6 cm³/mol. The average molecular weight is 181 g/mol. The van der Waals surface area contributed by atoms with Crippen LogP contribution in [-0.2, 0) is 0 Å². The Morgan fingerprint density at radius 3 is 1.12 bits per heavy atom. The molecule has 0 atom stereocenters. The zero-order valence-electron chi connectivity index (χ0n) is 6.49. The Balaban J connectivity index is 0. The molecule has 1 heteroatoms. The zero-order valence-corrected chi connectivity index (χ0v) is 8.20. The van der Waals surface area contributed by atoms with Crippen molar-refractivity contribution in [2.75, 3.05) is 0 Å². The number of halogens is 1. The third-order valence-corrected chi connectivity index (χ3v) is 1.73. The van der Waals surface area contributed by atoms with E-state index < -0.39 is 0 Å². The van der Waals surface area contributed by atoms with Gasteiger partial charge in [-0.1, -0.05) is 34.6 Å². The molecule has 0 nitrogen and oxygen atoms in total. The number of rotatable bonds is 0. The SMILES string of the molecule is Br.CC(C)C(C)(C)C. The van der Waals surface area contributed by atoms with Crippen LogP contribution in [0.4, 0.5) is 0 Å². The summed E-state index contributed by atoms with van der Waals surface area (Å²) < 4.78 is 0. The molecule has 0 fully saturated rings. The van der Waals surface area contributed by atoms with Gasteiger partial charge < -0.3 is 0 Å². The van der Waals surface area contributed by atoms with Crippen molar-refractivity contribution in [3.05, 3.63) is 0 Å². The fraction of sp³-hybridized carbons (Fsp3) is 1.00. The van der Waals surface area contributed by atoms with Crippen LogP contribution in [0.15, 0.2) is 0 Å². The van der Waals surface area contributed by atoms with Crippen molar-refractivity contribution in [2.24, 2.45) is 11.3 Å². The largest absolute Gasteiger partial charge is 0.114 e. The number of hydrogen-bond donors (Lipinski definition) is 0. The van der Waals surface area contributed by atoms with E-state index in [0.29, 0.717) is 5.41 Å². The Morgan fingerprint density at radius 1 is 1.00 bits per heavy atom. The van der Waals surface area contributed by atoms with E-state index >= 15 is 0 Å². The lowest BCUT2D eigenvalue weighted by molar-refractivity contribution is 0.283. The fourth-order valence-electron chi connectivity index (χ4n) is 0. The highest BCUT2D eigenvalue weighted by Crippen LogP contribution is 2.23. The molecule has 0 aromatic rings. The molecule has 0 N–H and O–H groups in total. The number of hydrogen-bond acceptors (Lipinski definition) is 0. The van der Waals surface area contributed by atoms with E-state index in [0.717, 1.165) is 5.92 Å². The van der Waals surface area contributed by atoms with Gasteiger partial charge >= 0.3 is 0 Å². The third kappa shape index (κ3) is 4.63. The van der Waals surface area contributed by atoms with E-state index in [2.05, 4.69) is 34.6 Å². The molecular formula is C7H17Br. The molecule has 0 radical (unpaired) electrons. The normalized spacial score (nSPS) is 11.2. The maximum Gasteiger partial charge on any atom is -0.0360 e. The Labute approximate surface area is 63.4 Å². The minimum absolute atomic E-state index is 0. The summed E-state index contributed by atoms with van der Waals surface area (Å²) >= 11 is 0. The second-order valence-electron chi connectivity index (χ2n) is 3.52. The molecular weight excluding hydrogens is 164 g/mol. The molecule has 0 amide bonds. The second-order valence-corrected chi connectivity index (χ2v) is 3.52. The lowest BCUT2D eigenvalue weighted by atomic mass is 9.84. The van der Waals surface area contributed by atoms with Crippen LogP contribution in [-0.4, -0.2) is 0 Å². The third-order valence-electron chi connectivity index (χ3n) is 1.73. The van der Waals surface area contributed by atoms with E-state index in [1.807, 2.05) is 0 Å². The van der Waals surface area contributed by atoms with Crippen LogP contribution in [0.3, 0.4) is 0 Å². The van der Waals surface area contributed by atoms with E-state index in [9.17, 15) is 0 Å². The van der Waals surface area contributed by atoms with Crippen LogP contribution in [0.5, 0.6) is 0 Å². The van der Waals surface area contributed by atoms with Gasteiger partial charge in [0.15, 0.2) is 0 Å². The van der Waals surface area contributed by atoms with Crippen molar-refractivity contribution in [3.63, 3.8) is 0 Å². The summed E-state index contributed by atoms with van der Waals surface area (Å²) in [7, 11) is 0. The van der Waals surface area contributed by atoms with Crippen molar-refractivity contribution in [1.29, 1.82) is 0 Å². The molecule has 0 unspecified atom stereocenters. The van der Waals surface area contributed by atoms with E-state index in [1.165, 1.54) is 0 Å². The molecule has 52 valence electrons. The Kier molecular flexibility index (Phi) is 4.94. The first-order valence-electron chi connectivity index (χ1n) is 2.94. The lowest BCUT2D eigenvalue weighted by Crippen LogP contribution is -2.12. The van der Waals surface area contributed by atoms with Crippen molar-refractivity contribution in [2.45, 2.75) is 34.6 Å². The van der Waals surface area contributed by atoms with Gasteiger partial charge in [-0.25, -0.2) is 0 Å². The Morgan fingerprint density at radius 2 is 1.12 bits per heavy atom. The predicted octanol–water partition coefficient (Wildman–Crippen LogP) is 3.27. The maximum atomic E-state index is 2.26. The van der Waals surface area contributed by atoms with Gasteiger partial charge in [-0.3, -0.25) is 0 Å². The lowest BCUT2D eigenvalue weighted by Gasteiger charge is -2.22. The summed E-state index contributed by atoms with van der Waals surface area (Å²) in [6.07, 6.45) is 0. The van der Waals surface area contributed by atoms with Crippen molar-refractivity contribution in [1.82, 2.24) is 0 Å². The van der Waals surface area contributed by atoms with Gasteiger partial charge in [0.05, 0.1) is 0 Å². The van der Waals surface area contributed by atoms with Gasteiger partial charge in [0.2, 0.25) is 0 Å². The molecule has 0 bridgehead atoms. The molecule has 0 saturated carbocycles. The van der Waals surface area contributed by atoms with E-state index in [1.54, 1.807) is 0 Å². The summed E-state index contributed by atoms with van der Waals surface area (Å²) in [5, 5.41) is 0. The van der Waals surface area contributed by atoms with Gasteiger partial charge in [0.25, 0.3) is 0 Å². The molecule has 0 heterocycles. The Hall–Kier alpha value is 0.480. The van der Waals surface area contributed by atoms with Gasteiger partial charge in [0.1, 0.15) is 0 Å². The highest BCUT2D eigenvalue weighted by Gasteiger charge is 2.13. The Bertz CT molecular complexity index is 49.9. The smallest absolute Gasteiger partial charge is 0.0360 e. The van der Waals surface area contributed by atoms with Crippen LogP contribution in [0.2, 0.25) is 0 Å². The zero-order chi connectivity index (χ0) is 6.08. The fourth-order valence-corrected chi connectivity index (χ4v) is 0. The summed E-state index contributed by atoms with van der Waals surface area (Å²) in [6.45, 7) is 11.3. The first kappa shape index (κ1) is 11.3. The molecule has 0 aliphatic carbocycles.